The molecular weight excluding hydrogens is 360 g/mol. The average Bonchev–Trinajstić information content (AvgIpc) is 3.52. The Morgan fingerprint density at radius 3 is 2.39 bits per heavy atom. The number of alkyl carbamates (subject to hydrolysis) is 1. The zero-order chi connectivity index (χ0) is 20.1. The number of amides is 2. The van der Waals surface area contributed by atoms with Gasteiger partial charge in [0.05, 0.1) is 18.5 Å². The summed E-state index contributed by atoms with van der Waals surface area (Å²) < 4.78 is 4.49. The molecule has 154 valence electrons. The monoisotopic (exact) mass is 390 g/mol. The van der Waals surface area contributed by atoms with Crippen molar-refractivity contribution in [1.29, 1.82) is 0 Å². The number of carbonyl (C=O) groups excluding carboxylic acids is 2. The number of methoxy groups -OCH3 is 1. The van der Waals surface area contributed by atoms with Gasteiger partial charge in [0.1, 0.15) is 6.54 Å². The fourth-order valence-electron chi connectivity index (χ4n) is 4.01. The van der Waals surface area contributed by atoms with E-state index in [2.05, 4.69) is 44.3 Å². The summed E-state index contributed by atoms with van der Waals surface area (Å²) in [7, 11) is 1.28. The van der Waals surface area contributed by atoms with Crippen molar-refractivity contribution in [2.24, 2.45) is 5.92 Å². The van der Waals surface area contributed by atoms with Gasteiger partial charge in [-0.25, -0.2) is 9.78 Å². The predicted octanol–water partition coefficient (Wildman–Crippen LogP) is 1.22. The van der Waals surface area contributed by atoms with E-state index in [0.717, 1.165) is 63.0 Å². The van der Waals surface area contributed by atoms with E-state index in [1.807, 2.05) is 0 Å². The summed E-state index contributed by atoms with van der Waals surface area (Å²) in [6.45, 7) is 5.82. The highest BCUT2D eigenvalue weighted by Crippen LogP contribution is 2.46. The molecule has 0 radical (unpaired) electrons. The Morgan fingerprint density at radius 2 is 1.82 bits per heavy atom. The fourth-order valence-corrected chi connectivity index (χ4v) is 4.01. The zero-order valence-electron chi connectivity index (χ0n) is 17.0. The summed E-state index contributed by atoms with van der Waals surface area (Å²) in [5, 5.41) is 14.2. The Balaban J connectivity index is 1.53. The molecule has 9 heteroatoms. The Bertz CT molecular complexity index is 714. The van der Waals surface area contributed by atoms with Crippen LogP contribution in [0.2, 0.25) is 0 Å². The van der Waals surface area contributed by atoms with Crippen LogP contribution < -0.4 is 15.5 Å². The number of ether oxygens (including phenoxy) is 1. The van der Waals surface area contributed by atoms with E-state index < -0.39 is 6.09 Å². The van der Waals surface area contributed by atoms with Crippen LogP contribution in [-0.2, 0) is 22.4 Å². The van der Waals surface area contributed by atoms with Crippen molar-refractivity contribution in [3.8, 4) is 0 Å². The third-order valence-electron chi connectivity index (χ3n) is 5.81. The molecule has 0 aromatic carbocycles. The molecule has 1 saturated carbocycles. The molecule has 0 unspecified atom stereocenters. The van der Waals surface area contributed by atoms with Gasteiger partial charge >= 0.3 is 6.09 Å². The second kappa shape index (κ2) is 8.70. The van der Waals surface area contributed by atoms with Crippen LogP contribution in [0.25, 0.3) is 0 Å². The lowest BCUT2D eigenvalue weighted by Gasteiger charge is -2.36. The Labute approximate surface area is 165 Å². The average molecular weight is 390 g/mol. The molecule has 9 nitrogen and oxygen atoms in total. The second-order valence-electron chi connectivity index (χ2n) is 7.52. The summed E-state index contributed by atoms with van der Waals surface area (Å²) in [5.74, 6) is 0.976. The first-order valence-electron chi connectivity index (χ1n) is 10.1. The van der Waals surface area contributed by atoms with Crippen molar-refractivity contribution in [2.75, 3.05) is 31.6 Å². The van der Waals surface area contributed by atoms with Gasteiger partial charge in [0, 0.05) is 18.6 Å². The number of hydrogen-bond donors (Lipinski definition) is 2. The van der Waals surface area contributed by atoms with Gasteiger partial charge in [-0.1, -0.05) is 13.8 Å². The number of carbonyl (C=O) groups is 2. The summed E-state index contributed by atoms with van der Waals surface area (Å²) >= 11 is 0. The Hall–Kier alpha value is -2.45. The number of anilines is 1. The van der Waals surface area contributed by atoms with Crippen molar-refractivity contribution >= 4 is 17.9 Å². The van der Waals surface area contributed by atoms with Gasteiger partial charge < -0.3 is 20.3 Å². The largest absolute Gasteiger partial charge is 0.453 e. The Kier molecular flexibility index (Phi) is 6.31. The van der Waals surface area contributed by atoms with E-state index in [1.165, 1.54) is 7.11 Å². The minimum atomic E-state index is -0.595. The SMILES string of the molecule is CCc1nnc(N2CCC(C3(NC(=O)CNC(=O)OC)CC3)CC2)nc1CC. The molecule has 2 amide bonds. The molecule has 2 fully saturated rings. The van der Waals surface area contributed by atoms with Gasteiger partial charge in [0.25, 0.3) is 0 Å². The summed E-state index contributed by atoms with van der Waals surface area (Å²) in [5.41, 5.74) is 1.88. The van der Waals surface area contributed by atoms with Gasteiger partial charge in [-0.05, 0) is 44.4 Å². The molecule has 2 N–H and O–H groups in total. The normalized spacial score (nSPS) is 18.5. The van der Waals surface area contributed by atoms with Crippen LogP contribution in [0.5, 0.6) is 0 Å². The van der Waals surface area contributed by atoms with Gasteiger partial charge in [-0.15, -0.1) is 5.10 Å². The lowest BCUT2D eigenvalue weighted by molar-refractivity contribution is -0.121. The van der Waals surface area contributed by atoms with E-state index in [0.29, 0.717) is 11.9 Å². The second-order valence-corrected chi connectivity index (χ2v) is 7.52. The van der Waals surface area contributed by atoms with Crippen molar-refractivity contribution < 1.29 is 14.3 Å². The van der Waals surface area contributed by atoms with Crippen LogP contribution in [0, 0.1) is 5.92 Å². The number of aryl methyl sites for hydroxylation is 2. The van der Waals surface area contributed by atoms with Crippen LogP contribution >= 0.6 is 0 Å². The summed E-state index contributed by atoms with van der Waals surface area (Å²) in [6.07, 6.45) is 5.05. The molecule has 1 aliphatic heterocycles. The first kappa shape index (κ1) is 20.3. The molecule has 28 heavy (non-hydrogen) atoms. The number of nitrogens with zero attached hydrogens (tertiary/aromatic N) is 4. The maximum atomic E-state index is 12.2. The number of aromatic nitrogens is 3. The van der Waals surface area contributed by atoms with Crippen LogP contribution in [0.3, 0.4) is 0 Å². The minimum Gasteiger partial charge on any atom is -0.453 e. The van der Waals surface area contributed by atoms with Gasteiger partial charge in [-0.3, -0.25) is 4.79 Å². The molecule has 1 aliphatic carbocycles. The third kappa shape index (κ3) is 4.51. The van der Waals surface area contributed by atoms with Gasteiger partial charge in [-0.2, -0.15) is 5.10 Å². The molecule has 2 aliphatic rings. The van der Waals surface area contributed by atoms with Crippen LogP contribution in [-0.4, -0.2) is 59.5 Å². The first-order chi connectivity index (χ1) is 13.5. The number of piperidine rings is 1. The standard InChI is InChI=1S/C19H30N6O3/c1-4-14-15(5-2)23-24-17(21-14)25-10-6-13(7-11-25)19(8-9-19)22-16(26)12-20-18(27)28-3/h13H,4-12H2,1-3H3,(H,20,27)(H,22,26). The molecule has 0 atom stereocenters. The Morgan fingerprint density at radius 1 is 1.14 bits per heavy atom. The molecular formula is C19H30N6O3. The topological polar surface area (TPSA) is 109 Å². The quantitative estimate of drug-likeness (QED) is 0.720. The van der Waals surface area contributed by atoms with E-state index in [4.69, 9.17) is 4.98 Å². The summed E-state index contributed by atoms with van der Waals surface area (Å²) in [4.78, 5) is 30.2. The molecule has 3 rings (SSSR count). The van der Waals surface area contributed by atoms with Crippen molar-refractivity contribution in [3.63, 3.8) is 0 Å². The third-order valence-corrected chi connectivity index (χ3v) is 5.81. The van der Waals surface area contributed by atoms with Gasteiger partial charge in [0.15, 0.2) is 0 Å². The van der Waals surface area contributed by atoms with E-state index in [-0.39, 0.29) is 18.0 Å². The van der Waals surface area contributed by atoms with Crippen molar-refractivity contribution in [1.82, 2.24) is 25.8 Å². The maximum Gasteiger partial charge on any atom is 0.407 e. The molecule has 0 spiro atoms. The predicted molar refractivity (Wildman–Crippen MR) is 104 cm³/mol. The van der Waals surface area contributed by atoms with E-state index in [1.54, 1.807) is 0 Å². The summed E-state index contributed by atoms with van der Waals surface area (Å²) in [6, 6.07) is 0. The van der Waals surface area contributed by atoms with E-state index in [9.17, 15) is 9.59 Å². The maximum absolute atomic E-state index is 12.2. The minimum absolute atomic E-state index is 0.0592. The number of rotatable bonds is 7. The van der Waals surface area contributed by atoms with Crippen LogP contribution in [0.4, 0.5) is 10.7 Å². The highest BCUT2D eigenvalue weighted by Gasteiger charge is 2.50. The smallest absolute Gasteiger partial charge is 0.407 e. The van der Waals surface area contributed by atoms with E-state index >= 15 is 0 Å². The van der Waals surface area contributed by atoms with Crippen molar-refractivity contribution in [2.45, 2.75) is 57.9 Å². The lowest BCUT2D eigenvalue weighted by atomic mass is 9.87. The van der Waals surface area contributed by atoms with Crippen molar-refractivity contribution in [3.05, 3.63) is 11.4 Å². The molecule has 2 heterocycles. The first-order valence-corrected chi connectivity index (χ1v) is 10.1. The highest BCUT2D eigenvalue weighted by atomic mass is 16.5. The van der Waals surface area contributed by atoms with Gasteiger partial charge in [0.2, 0.25) is 11.9 Å². The molecule has 0 bridgehead atoms. The van der Waals surface area contributed by atoms with Crippen LogP contribution in [0.1, 0.15) is 50.9 Å². The molecule has 1 aromatic rings. The fraction of sp³-hybridized carbons (Fsp3) is 0.737. The number of nitrogens with one attached hydrogen (secondary N) is 2. The molecule has 1 saturated heterocycles. The molecule has 1 aromatic heterocycles. The van der Waals surface area contributed by atoms with Crippen LogP contribution in [0.15, 0.2) is 0 Å². The zero-order valence-corrected chi connectivity index (χ0v) is 17.0. The number of hydrogen-bond acceptors (Lipinski definition) is 7. The lowest BCUT2D eigenvalue weighted by Crippen LogP contribution is -2.50. The highest BCUT2D eigenvalue weighted by molar-refractivity contribution is 5.83.